The second-order valence-electron chi connectivity index (χ2n) is 6.98. The summed E-state index contributed by atoms with van der Waals surface area (Å²) in [5.41, 5.74) is 0.999. The van der Waals surface area contributed by atoms with Crippen molar-refractivity contribution in [3.63, 3.8) is 0 Å². The second kappa shape index (κ2) is 14.2. The normalized spacial score (nSPS) is 14.6. The van der Waals surface area contributed by atoms with Gasteiger partial charge in [-0.2, -0.15) is 0 Å². The molecule has 0 amide bonds. The van der Waals surface area contributed by atoms with Crippen LogP contribution in [0.5, 0.6) is 11.5 Å². The molecule has 0 bridgehead atoms. The van der Waals surface area contributed by atoms with Gasteiger partial charge in [0.05, 0.1) is 40.2 Å². The molecular formula is C22H33IN4O4. The van der Waals surface area contributed by atoms with Crippen molar-refractivity contribution >= 4 is 29.9 Å². The molecule has 0 radical (unpaired) electrons. The molecule has 0 spiro atoms. The van der Waals surface area contributed by atoms with Crippen LogP contribution in [0.3, 0.4) is 0 Å². The third-order valence-electron chi connectivity index (χ3n) is 4.97. The van der Waals surface area contributed by atoms with E-state index in [0.29, 0.717) is 6.54 Å². The van der Waals surface area contributed by atoms with E-state index in [4.69, 9.17) is 23.6 Å². The Morgan fingerprint density at radius 2 is 1.90 bits per heavy atom. The predicted molar refractivity (Wildman–Crippen MR) is 132 cm³/mol. The van der Waals surface area contributed by atoms with Crippen molar-refractivity contribution in [3.8, 4) is 11.5 Å². The Balaban J connectivity index is 0.00000341. The van der Waals surface area contributed by atoms with Crippen LogP contribution in [0.4, 0.5) is 0 Å². The molecule has 2 aromatic rings. The average Bonchev–Trinajstić information content (AvgIpc) is 3.31. The van der Waals surface area contributed by atoms with Crippen LogP contribution in [0.15, 0.2) is 46.0 Å². The van der Waals surface area contributed by atoms with Gasteiger partial charge in [-0.1, -0.05) is 0 Å². The fraction of sp³-hybridized carbons (Fsp3) is 0.500. The van der Waals surface area contributed by atoms with E-state index >= 15 is 0 Å². The van der Waals surface area contributed by atoms with E-state index in [2.05, 4.69) is 15.5 Å². The molecule has 1 aromatic carbocycles. The number of hydrogen-bond donors (Lipinski definition) is 2. The lowest BCUT2D eigenvalue weighted by Crippen LogP contribution is -2.44. The summed E-state index contributed by atoms with van der Waals surface area (Å²) in [5, 5.41) is 6.83. The van der Waals surface area contributed by atoms with Crippen LogP contribution < -0.4 is 20.1 Å². The number of methoxy groups -OCH3 is 2. The highest BCUT2D eigenvalue weighted by molar-refractivity contribution is 14.0. The first-order valence-corrected chi connectivity index (χ1v) is 10.3. The van der Waals surface area contributed by atoms with Crippen LogP contribution in [-0.2, 0) is 17.7 Å². The number of aliphatic imine (C=N–C) groups is 1. The van der Waals surface area contributed by atoms with E-state index in [1.807, 2.05) is 30.3 Å². The molecule has 9 heteroatoms. The summed E-state index contributed by atoms with van der Waals surface area (Å²) in [7, 11) is 3.30. The lowest BCUT2D eigenvalue weighted by Gasteiger charge is -2.26. The van der Waals surface area contributed by atoms with Gasteiger partial charge in [0.25, 0.3) is 0 Å². The minimum absolute atomic E-state index is 0. The van der Waals surface area contributed by atoms with E-state index in [1.54, 1.807) is 20.5 Å². The number of benzene rings is 1. The molecule has 31 heavy (non-hydrogen) atoms. The first kappa shape index (κ1) is 25.3. The van der Waals surface area contributed by atoms with E-state index in [9.17, 15) is 0 Å². The summed E-state index contributed by atoms with van der Waals surface area (Å²) < 4.78 is 21.6. The second-order valence-corrected chi connectivity index (χ2v) is 6.98. The molecule has 1 aromatic heterocycles. The van der Waals surface area contributed by atoms with Crippen LogP contribution in [0.2, 0.25) is 0 Å². The maximum Gasteiger partial charge on any atom is 0.191 e. The quantitative estimate of drug-likeness (QED) is 0.271. The molecule has 3 rings (SSSR count). The van der Waals surface area contributed by atoms with E-state index in [-0.39, 0.29) is 24.0 Å². The molecule has 2 heterocycles. The van der Waals surface area contributed by atoms with Crippen molar-refractivity contribution in [2.45, 2.75) is 13.0 Å². The summed E-state index contributed by atoms with van der Waals surface area (Å²) in [4.78, 5) is 7.15. The number of ether oxygens (including phenoxy) is 3. The first-order valence-electron chi connectivity index (χ1n) is 10.3. The Bertz CT molecular complexity index is 780. The zero-order valence-corrected chi connectivity index (χ0v) is 20.6. The highest BCUT2D eigenvalue weighted by atomic mass is 127. The molecule has 1 aliphatic heterocycles. The van der Waals surface area contributed by atoms with E-state index < -0.39 is 0 Å². The number of nitrogens with one attached hydrogen (secondary N) is 2. The van der Waals surface area contributed by atoms with Crippen molar-refractivity contribution in [2.24, 2.45) is 4.99 Å². The maximum atomic E-state index is 5.49. The average molecular weight is 544 g/mol. The molecular weight excluding hydrogens is 511 g/mol. The molecule has 1 aliphatic rings. The highest BCUT2D eigenvalue weighted by Gasteiger charge is 2.10. The molecule has 1 fully saturated rings. The monoisotopic (exact) mass is 544 g/mol. The summed E-state index contributed by atoms with van der Waals surface area (Å²) in [6.07, 6.45) is 2.49. The van der Waals surface area contributed by atoms with Gasteiger partial charge >= 0.3 is 0 Å². The largest absolute Gasteiger partial charge is 0.497 e. The van der Waals surface area contributed by atoms with Crippen molar-refractivity contribution in [1.29, 1.82) is 0 Å². The molecule has 0 unspecified atom stereocenters. The lowest BCUT2D eigenvalue weighted by molar-refractivity contribution is 0.0389. The third kappa shape index (κ3) is 8.58. The van der Waals surface area contributed by atoms with Gasteiger partial charge in [-0.15, -0.1) is 24.0 Å². The zero-order valence-electron chi connectivity index (χ0n) is 18.3. The molecule has 8 nitrogen and oxygen atoms in total. The van der Waals surface area contributed by atoms with Crippen molar-refractivity contribution in [2.75, 3.05) is 60.2 Å². The Labute approximate surface area is 201 Å². The minimum atomic E-state index is 0. The Kier molecular flexibility index (Phi) is 11.5. The number of guanidine groups is 1. The predicted octanol–water partition coefficient (Wildman–Crippen LogP) is 2.52. The SMILES string of the molecule is COc1ccc(CN=C(NCCc2ccco2)NCCN2CCOCC2)c(OC)c1.I. The number of morpholine rings is 1. The number of halogens is 1. The van der Waals surface area contributed by atoms with Gasteiger partial charge in [0.15, 0.2) is 5.96 Å². The van der Waals surface area contributed by atoms with Crippen LogP contribution in [0.25, 0.3) is 0 Å². The van der Waals surface area contributed by atoms with Crippen LogP contribution in [0.1, 0.15) is 11.3 Å². The molecule has 0 aliphatic carbocycles. The van der Waals surface area contributed by atoms with Crippen molar-refractivity contribution < 1.29 is 18.6 Å². The van der Waals surface area contributed by atoms with Crippen LogP contribution in [-0.4, -0.2) is 71.0 Å². The summed E-state index contributed by atoms with van der Waals surface area (Å²) >= 11 is 0. The van der Waals surface area contributed by atoms with Gasteiger partial charge in [-0.05, 0) is 24.3 Å². The fourth-order valence-corrected chi connectivity index (χ4v) is 3.24. The van der Waals surface area contributed by atoms with Gasteiger partial charge in [0.1, 0.15) is 17.3 Å². The van der Waals surface area contributed by atoms with Crippen molar-refractivity contribution in [1.82, 2.24) is 15.5 Å². The highest BCUT2D eigenvalue weighted by Crippen LogP contribution is 2.25. The fourth-order valence-electron chi connectivity index (χ4n) is 3.24. The third-order valence-corrected chi connectivity index (χ3v) is 4.97. The lowest BCUT2D eigenvalue weighted by atomic mass is 10.2. The smallest absolute Gasteiger partial charge is 0.191 e. The number of hydrogen-bond acceptors (Lipinski definition) is 6. The maximum absolute atomic E-state index is 5.49. The molecule has 1 saturated heterocycles. The standard InChI is InChI=1S/C22H32N4O4.HI/c1-27-20-6-5-18(21(16-20)28-2)17-25-22(23-8-7-19-4-3-13-30-19)24-9-10-26-11-14-29-15-12-26;/h3-6,13,16H,7-12,14-15,17H2,1-2H3,(H2,23,24,25);1H. The van der Waals surface area contributed by atoms with Gasteiger partial charge in [-0.25, -0.2) is 4.99 Å². The van der Waals surface area contributed by atoms with Gasteiger partial charge in [-0.3, -0.25) is 4.90 Å². The first-order chi connectivity index (χ1) is 14.8. The number of nitrogens with zero attached hydrogens (tertiary/aromatic N) is 2. The molecule has 2 N–H and O–H groups in total. The van der Waals surface area contributed by atoms with E-state index in [1.165, 1.54) is 0 Å². The van der Waals surface area contributed by atoms with Crippen LogP contribution in [0, 0.1) is 0 Å². The molecule has 172 valence electrons. The number of rotatable bonds is 10. The summed E-state index contributed by atoms with van der Waals surface area (Å²) in [5.74, 6) is 3.25. The Morgan fingerprint density at radius 3 is 2.61 bits per heavy atom. The summed E-state index contributed by atoms with van der Waals surface area (Å²) in [6, 6.07) is 9.66. The molecule has 0 saturated carbocycles. The van der Waals surface area contributed by atoms with Gasteiger partial charge in [0.2, 0.25) is 0 Å². The Morgan fingerprint density at radius 1 is 1.10 bits per heavy atom. The van der Waals surface area contributed by atoms with E-state index in [0.717, 1.165) is 81.1 Å². The zero-order chi connectivity index (χ0) is 21.0. The van der Waals surface area contributed by atoms with Crippen LogP contribution >= 0.6 is 24.0 Å². The number of furan rings is 1. The summed E-state index contributed by atoms with van der Waals surface area (Å²) in [6.45, 7) is 6.56. The minimum Gasteiger partial charge on any atom is -0.497 e. The molecule has 0 atom stereocenters. The van der Waals surface area contributed by atoms with Crippen molar-refractivity contribution in [3.05, 3.63) is 47.9 Å². The Hall–Kier alpha value is -1.98. The van der Waals surface area contributed by atoms with Gasteiger partial charge < -0.3 is 29.3 Å². The van der Waals surface area contributed by atoms with Gasteiger partial charge in [0, 0.05) is 50.8 Å². The topological polar surface area (TPSA) is 80.5 Å².